The second-order valence-corrected chi connectivity index (χ2v) is 9.18. The zero-order valence-electron chi connectivity index (χ0n) is 12.9. The van der Waals surface area contributed by atoms with Gasteiger partial charge in [-0.05, 0) is 42.0 Å². The summed E-state index contributed by atoms with van der Waals surface area (Å²) < 4.78 is 22.7. The number of sulfone groups is 1. The first-order chi connectivity index (χ1) is 10.9. The van der Waals surface area contributed by atoms with Crippen molar-refractivity contribution in [1.82, 2.24) is 4.90 Å². The molecule has 2 aromatic rings. The van der Waals surface area contributed by atoms with E-state index in [1.54, 1.807) is 35.6 Å². The highest BCUT2D eigenvalue weighted by Crippen LogP contribution is 2.30. The Balaban J connectivity index is 1.75. The standard InChI is InChI=1S/C17H19NO3S2/c1-23(20,21)12-13-4-6-14(7-5-13)17(19)18(15-8-9-15)11-16-3-2-10-22-16/h2-7,10,15H,8-9,11-12H2,1H3. The summed E-state index contributed by atoms with van der Waals surface area (Å²) in [5.74, 6) is 0.0232. The van der Waals surface area contributed by atoms with Crippen LogP contribution in [0.25, 0.3) is 0 Å². The van der Waals surface area contributed by atoms with Crippen LogP contribution in [0.2, 0.25) is 0 Å². The van der Waals surface area contributed by atoms with Gasteiger partial charge in [-0.2, -0.15) is 0 Å². The van der Waals surface area contributed by atoms with E-state index in [4.69, 9.17) is 0 Å². The van der Waals surface area contributed by atoms with Crippen LogP contribution in [-0.2, 0) is 22.1 Å². The van der Waals surface area contributed by atoms with Gasteiger partial charge in [0, 0.05) is 22.7 Å². The molecule has 3 rings (SSSR count). The molecule has 1 aromatic heterocycles. The maximum atomic E-state index is 12.8. The molecule has 1 saturated carbocycles. The highest BCUT2D eigenvalue weighted by atomic mass is 32.2. The Bertz CT molecular complexity index is 776. The minimum absolute atomic E-state index is 0.00298. The van der Waals surface area contributed by atoms with Gasteiger partial charge < -0.3 is 4.90 Å². The summed E-state index contributed by atoms with van der Waals surface area (Å²) in [6.07, 6.45) is 3.33. The van der Waals surface area contributed by atoms with Crippen molar-refractivity contribution in [2.45, 2.75) is 31.2 Å². The van der Waals surface area contributed by atoms with Gasteiger partial charge in [0.1, 0.15) is 0 Å². The van der Waals surface area contributed by atoms with Crippen LogP contribution in [0.4, 0.5) is 0 Å². The third-order valence-corrected chi connectivity index (χ3v) is 5.50. The number of hydrogen-bond donors (Lipinski definition) is 0. The molecule has 1 aliphatic carbocycles. The molecule has 6 heteroatoms. The third-order valence-electron chi connectivity index (χ3n) is 3.78. The SMILES string of the molecule is CS(=O)(=O)Cc1ccc(C(=O)N(Cc2cccs2)C2CC2)cc1. The Morgan fingerprint density at radius 2 is 1.91 bits per heavy atom. The van der Waals surface area contributed by atoms with Crippen LogP contribution in [0.1, 0.15) is 33.6 Å². The number of amides is 1. The van der Waals surface area contributed by atoms with Crippen LogP contribution in [-0.4, -0.2) is 31.5 Å². The molecule has 1 heterocycles. The summed E-state index contributed by atoms with van der Waals surface area (Å²) in [5.41, 5.74) is 1.32. The average molecular weight is 349 g/mol. The van der Waals surface area contributed by atoms with E-state index in [1.165, 1.54) is 11.1 Å². The molecule has 0 saturated heterocycles. The summed E-state index contributed by atoms with van der Waals surface area (Å²) in [6.45, 7) is 0.645. The molecule has 1 amide bonds. The van der Waals surface area contributed by atoms with Crippen LogP contribution >= 0.6 is 11.3 Å². The Morgan fingerprint density at radius 3 is 2.43 bits per heavy atom. The van der Waals surface area contributed by atoms with E-state index in [9.17, 15) is 13.2 Å². The molecule has 0 radical (unpaired) electrons. The van der Waals surface area contributed by atoms with Gasteiger partial charge >= 0.3 is 0 Å². The average Bonchev–Trinajstić information content (AvgIpc) is 3.20. The fourth-order valence-corrected chi connectivity index (χ4v) is 4.04. The predicted octanol–water partition coefficient (Wildman–Crippen LogP) is 3.10. The van der Waals surface area contributed by atoms with Crippen LogP contribution < -0.4 is 0 Å². The number of hydrogen-bond acceptors (Lipinski definition) is 4. The first-order valence-electron chi connectivity index (χ1n) is 7.52. The monoisotopic (exact) mass is 349 g/mol. The fraction of sp³-hybridized carbons (Fsp3) is 0.353. The Labute approximate surface area is 140 Å². The van der Waals surface area contributed by atoms with Crippen LogP contribution in [0.5, 0.6) is 0 Å². The summed E-state index contributed by atoms with van der Waals surface area (Å²) >= 11 is 1.66. The number of thiophene rings is 1. The predicted molar refractivity (Wildman–Crippen MR) is 92.2 cm³/mol. The van der Waals surface area contributed by atoms with E-state index in [-0.39, 0.29) is 11.7 Å². The van der Waals surface area contributed by atoms with Gasteiger partial charge in [0.25, 0.3) is 5.91 Å². The van der Waals surface area contributed by atoms with E-state index in [2.05, 4.69) is 0 Å². The van der Waals surface area contributed by atoms with E-state index < -0.39 is 9.84 Å². The molecule has 0 aliphatic heterocycles. The Kier molecular flexibility index (Phi) is 4.55. The number of carbonyl (C=O) groups is 1. The molecule has 23 heavy (non-hydrogen) atoms. The van der Waals surface area contributed by atoms with E-state index in [1.807, 2.05) is 22.4 Å². The van der Waals surface area contributed by atoms with Crippen molar-refractivity contribution in [3.63, 3.8) is 0 Å². The van der Waals surface area contributed by atoms with E-state index >= 15 is 0 Å². The largest absolute Gasteiger partial charge is 0.331 e. The Hall–Kier alpha value is -1.66. The summed E-state index contributed by atoms with van der Waals surface area (Å²) in [7, 11) is -3.06. The summed E-state index contributed by atoms with van der Waals surface area (Å²) in [6, 6.07) is 11.3. The molecule has 0 N–H and O–H groups in total. The lowest BCUT2D eigenvalue weighted by Gasteiger charge is -2.22. The fourth-order valence-electron chi connectivity index (χ4n) is 2.54. The number of nitrogens with zero attached hydrogens (tertiary/aromatic N) is 1. The summed E-state index contributed by atoms with van der Waals surface area (Å²) in [4.78, 5) is 15.9. The van der Waals surface area contributed by atoms with Gasteiger partial charge in [0.2, 0.25) is 0 Å². The molecule has 4 nitrogen and oxygen atoms in total. The lowest BCUT2D eigenvalue weighted by molar-refractivity contribution is 0.0731. The quantitative estimate of drug-likeness (QED) is 0.805. The van der Waals surface area contributed by atoms with Gasteiger partial charge in [0.05, 0.1) is 12.3 Å². The highest BCUT2D eigenvalue weighted by molar-refractivity contribution is 7.89. The summed E-state index contributed by atoms with van der Waals surface area (Å²) in [5, 5.41) is 2.02. The minimum atomic E-state index is -3.06. The van der Waals surface area contributed by atoms with Gasteiger partial charge in [0.15, 0.2) is 9.84 Å². The molecule has 1 aliphatic rings. The maximum absolute atomic E-state index is 12.8. The van der Waals surface area contributed by atoms with Crippen molar-refractivity contribution in [1.29, 1.82) is 0 Å². The second kappa shape index (κ2) is 6.45. The van der Waals surface area contributed by atoms with E-state index in [0.717, 1.165) is 12.8 Å². The van der Waals surface area contributed by atoms with Crippen molar-refractivity contribution in [2.75, 3.05) is 6.26 Å². The first-order valence-corrected chi connectivity index (χ1v) is 10.5. The highest BCUT2D eigenvalue weighted by Gasteiger charge is 2.33. The molecule has 1 fully saturated rings. The normalized spacial score (nSPS) is 14.7. The van der Waals surface area contributed by atoms with Crippen LogP contribution in [0, 0.1) is 0 Å². The second-order valence-electron chi connectivity index (χ2n) is 6.01. The number of benzene rings is 1. The molecule has 0 unspecified atom stereocenters. The molecule has 122 valence electrons. The van der Waals surface area contributed by atoms with Gasteiger partial charge in [-0.15, -0.1) is 11.3 Å². The minimum Gasteiger partial charge on any atom is -0.331 e. The third kappa shape index (κ3) is 4.42. The molecule has 0 bridgehead atoms. The molecule has 1 aromatic carbocycles. The van der Waals surface area contributed by atoms with Crippen LogP contribution in [0.3, 0.4) is 0 Å². The Morgan fingerprint density at radius 1 is 1.22 bits per heavy atom. The van der Waals surface area contributed by atoms with Crippen molar-refractivity contribution in [3.05, 3.63) is 57.8 Å². The number of rotatable bonds is 6. The molecular formula is C17H19NO3S2. The van der Waals surface area contributed by atoms with Crippen molar-refractivity contribution < 1.29 is 13.2 Å². The maximum Gasteiger partial charge on any atom is 0.254 e. The smallest absolute Gasteiger partial charge is 0.254 e. The first kappa shape index (κ1) is 16.2. The van der Waals surface area contributed by atoms with Gasteiger partial charge in [-0.25, -0.2) is 8.42 Å². The van der Waals surface area contributed by atoms with Gasteiger partial charge in [-0.3, -0.25) is 4.79 Å². The van der Waals surface area contributed by atoms with Gasteiger partial charge in [-0.1, -0.05) is 18.2 Å². The van der Waals surface area contributed by atoms with Crippen molar-refractivity contribution in [3.8, 4) is 0 Å². The van der Waals surface area contributed by atoms with Crippen molar-refractivity contribution in [2.24, 2.45) is 0 Å². The zero-order chi connectivity index (χ0) is 16.4. The molecular weight excluding hydrogens is 330 g/mol. The lowest BCUT2D eigenvalue weighted by atomic mass is 10.1. The number of carbonyl (C=O) groups excluding carboxylic acids is 1. The van der Waals surface area contributed by atoms with Crippen LogP contribution in [0.15, 0.2) is 41.8 Å². The topological polar surface area (TPSA) is 54.5 Å². The van der Waals surface area contributed by atoms with E-state index in [0.29, 0.717) is 23.7 Å². The lowest BCUT2D eigenvalue weighted by Crippen LogP contribution is -2.32. The molecule has 0 spiro atoms. The van der Waals surface area contributed by atoms with Crippen molar-refractivity contribution >= 4 is 27.1 Å². The molecule has 0 atom stereocenters. The zero-order valence-corrected chi connectivity index (χ0v) is 14.6.